The number of carbonyl (C=O) groups is 4. The van der Waals surface area contributed by atoms with Crippen molar-refractivity contribution in [3.63, 3.8) is 0 Å². The second-order valence-corrected chi connectivity index (χ2v) is 12.7. The van der Waals surface area contributed by atoms with E-state index in [1.165, 1.54) is 24.3 Å². The minimum Gasteiger partial charge on any atom is -0.467 e. The van der Waals surface area contributed by atoms with Crippen LogP contribution in [0.4, 0.5) is 30.8 Å². The maximum Gasteiger partial charge on any atom is 0.422 e. The smallest absolute Gasteiger partial charge is 0.422 e. The molecule has 1 heterocycles. The molecular weight excluding hydrogens is 742 g/mol. The van der Waals surface area contributed by atoms with E-state index in [0.29, 0.717) is 34.1 Å². The molecule has 4 aromatic rings. The van der Waals surface area contributed by atoms with Gasteiger partial charge in [0.15, 0.2) is 6.61 Å². The Labute approximate surface area is 311 Å². The Bertz CT molecular complexity index is 1960. The highest BCUT2D eigenvalue weighted by molar-refractivity contribution is 6.37. The summed E-state index contributed by atoms with van der Waals surface area (Å²) >= 11 is 12.1. The van der Waals surface area contributed by atoms with E-state index < -0.39 is 53.9 Å². The molecule has 1 aliphatic carbocycles. The molecular formula is C35H32Cl2F3N7O6. The Kier molecular flexibility index (Phi) is 12.4. The fourth-order valence-corrected chi connectivity index (χ4v) is 5.39. The van der Waals surface area contributed by atoms with Crippen LogP contribution in [0.3, 0.4) is 0 Å². The minimum absolute atomic E-state index is 0.0295. The number of rotatable bonds is 16. The number of methoxy groups -OCH3 is 1. The maximum atomic E-state index is 13.1. The van der Waals surface area contributed by atoms with Crippen molar-refractivity contribution in [2.75, 3.05) is 30.9 Å². The van der Waals surface area contributed by atoms with Gasteiger partial charge in [-0.15, -0.1) is 0 Å². The lowest BCUT2D eigenvalue weighted by atomic mass is 10.1. The van der Waals surface area contributed by atoms with E-state index in [9.17, 15) is 32.3 Å². The van der Waals surface area contributed by atoms with Gasteiger partial charge in [0.1, 0.15) is 6.04 Å². The lowest BCUT2D eigenvalue weighted by Gasteiger charge is -2.19. The first-order valence-corrected chi connectivity index (χ1v) is 16.8. The summed E-state index contributed by atoms with van der Waals surface area (Å²) in [5.74, 6) is -3.21. The molecule has 1 aromatic heterocycles. The van der Waals surface area contributed by atoms with Crippen molar-refractivity contribution < 1.29 is 41.8 Å². The number of aromatic nitrogens is 3. The molecule has 0 bridgehead atoms. The number of anilines is 3. The van der Waals surface area contributed by atoms with Gasteiger partial charge < -0.3 is 30.7 Å². The second-order valence-electron chi connectivity index (χ2n) is 11.9. The quantitative estimate of drug-likeness (QED) is 0.0830. The predicted molar refractivity (Wildman–Crippen MR) is 188 cm³/mol. The Morgan fingerprint density at radius 1 is 0.906 bits per heavy atom. The first-order valence-electron chi connectivity index (χ1n) is 16.0. The van der Waals surface area contributed by atoms with E-state index in [4.69, 9.17) is 32.7 Å². The molecule has 0 aliphatic heterocycles. The molecule has 1 saturated carbocycles. The van der Waals surface area contributed by atoms with Crippen molar-refractivity contribution in [3.05, 3.63) is 99.5 Å². The number of amides is 2. The lowest BCUT2D eigenvalue weighted by Crippen LogP contribution is -2.44. The number of esters is 1. The predicted octanol–water partition coefficient (Wildman–Crippen LogP) is 5.55. The molecule has 1 fully saturated rings. The van der Waals surface area contributed by atoms with Crippen molar-refractivity contribution in [1.29, 1.82) is 0 Å². The number of nitrogens with one attached hydrogen (secondary N) is 4. The van der Waals surface area contributed by atoms with Crippen LogP contribution in [-0.4, -0.2) is 71.0 Å². The summed E-state index contributed by atoms with van der Waals surface area (Å²) in [4.78, 5) is 62.5. The number of nitrogens with zero attached hydrogens (tertiary/aromatic N) is 3. The molecule has 53 heavy (non-hydrogen) atoms. The molecule has 18 heteroatoms. The van der Waals surface area contributed by atoms with Crippen molar-refractivity contribution >= 4 is 64.4 Å². The summed E-state index contributed by atoms with van der Waals surface area (Å²) in [5.41, 5.74) is 1.31. The summed E-state index contributed by atoms with van der Waals surface area (Å²) in [6.45, 7) is -1.75. The number of Topliss-reactive ketones (excluding diaryl/α,β-unsaturated/α-hetero) is 1. The van der Waals surface area contributed by atoms with Gasteiger partial charge in [-0.1, -0.05) is 53.5 Å². The first kappa shape index (κ1) is 38.7. The molecule has 0 spiro atoms. The van der Waals surface area contributed by atoms with Crippen LogP contribution in [-0.2, 0) is 31.1 Å². The summed E-state index contributed by atoms with van der Waals surface area (Å²) in [6.07, 6.45) is -3.52. The van der Waals surface area contributed by atoms with Crippen LogP contribution in [0, 0.1) is 0 Å². The van der Waals surface area contributed by atoms with Gasteiger partial charge >= 0.3 is 18.2 Å². The van der Waals surface area contributed by atoms with Gasteiger partial charge in [-0.2, -0.15) is 28.1 Å². The van der Waals surface area contributed by atoms with Crippen LogP contribution in [0.5, 0.6) is 6.01 Å². The van der Waals surface area contributed by atoms with Gasteiger partial charge in [-0.05, 0) is 72.9 Å². The highest BCUT2D eigenvalue weighted by Crippen LogP contribution is 2.48. The SMILES string of the molecule is COC(=O)[C@@H](CCNC(=O)C(=O)Cc1ccccc1Cl)NC(=O)c1ccc(Nc2nc(NC3(c4ccc(Cl)cc4)CC3)nc(OCC(F)(F)F)n2)cc1. The minimum atomic E-state index is -4.64. The van der Waals surface area contributed by atoms with Gasteiger partial charge in [-0.25, -0.2) is 4.79 Å². The molecule has 0 unspecified atom stereocenters. The molecule has 0 radical (unpaired) electrons. The van der Waals surface area contributed by atoms with Crippen LogP contribution >= 0.6 is 23.2 Å². The maximum absolute atomic E-state index is 13.1. The second kappa shape index (κ2) is 16.9. The molecule has 4 N–H and O–H groups in total. The van der Waals surface area contributed by atoms with E-state index in [0.717, 1.165) is 12.7 Å². The Hall–Kier alpha value is -5.48. The number of carbonyl (C=O) groups excluding carboxylic acids is 4. The standard InChI is InChI=1S/C35H32Cl2F3N7O6/c1-52-30(51)26(14-17-41-29(50)27(48)18-21-4-2-3-5-25(21)37)43-28(49)20-6-12-24(13-7-20)42-31-44-32(46-33(45-31)53-19-35(38,39)40)47-34(15-16-34)22-8-10-23(36)11-9-22/h2-13,26H,14-19H2,1H3,(H,41,50)(H,43,49)(H2,42,44,45,46,47)/t26-/m1/s1. The lowest BCUT2D eigenvalue weighted by molar-refractivity contribution is -0.154. The molecule has 5 rings (SSSR count). The number of hydrogen-bond donors (Lipinski definition) is 4. The first-order chi connectivity index (χ1) is 25.2. The fraction of sp³-hybridized carbons (Fsp3) is 0.286. The number of hydrogen-bond acceptors (Lipinski definition) is 11. The van der Waals surface area contributed by atoms with Gasteiger partial charge in [0.2, 0.25) is 17.7 Å². The summed E-state index contributed by atoms with van der Waals surface area (Å²) in [6, 6.07) is 17.8. The van der Waals surface area contributed by atoms with E-state index in [2.05, 4.69) is 36.2 Å². The van der Waals surface area contributed by atoms with Crippen molar-refractivity contribution in [1.82, 2.24) is 25.6 Å². The monoisotopic (exact) mass is 773 g/mol. The van der Waals surface area contributed by atoms with Crippen LogP contribution in [0.15, 0.2) is 72.8 Å². The normalized spacial score (nSPS) is 13.6. The third-order valence-corrected chi connectivity index (χ3v) is 8.57. The highest BCUT2D eigenvalue weighted by atomic mass is 35.5. The van der Waals surface area contributed by atoms with Gasteiger partial charge in [0.05, 0.1) is 12.6 Å². The molecule has 1 atom stereocenters. The Balaban J connectivity index is 1.21. The number of halogens is 5. The van der Waals surface area contributed by atoms with Crippen LogP contribution in [0.25, 0.3) is 0 Å². The molecule has 278 valence electrons. The molecule has 2 amide bonds. The third-order valence-electron chi connectivity index (χ3n) is 7.95. The average Bonchev–Trinajstić information content (AvgIpc) is 3.91. The molecule has 0 saturated heterocycles. The van der Waals surface area contributed by atoms with Crippen LogP contribution in [0.1, 0.15) is 40.7 Å². The van der Waals surface area contributed by atoms with Crippen molar-refractivity contribution in [3.8, 4) is 6.01 Å². The van der Waals surface area contributed by atoms with Gasteiger partial charge in [-0.3, -0.25) is 14.4 Å². The van der Waals surface area contributed by atoms with Crippen LogP contribution in [0.2, 0.25) is 10.0 Å². The number of ether oxygens (including phenoxy) is 2. The molecule has 3 aromatic carbocycles. The van der Waals surface area contributed by atoms with Gasteiger partial charge in [0.25, 0.3) is 11.8 Å². The number of benzene rings is 3. The van der Waals surface area contributed by atoms with Crippen molar-refractivity contribution in [2.45, 2.75) is 43.4 Å². The summed E-state index contributed by atoms with van der Waals surface area (Å²) < 4.78 is 48.4. The topological polar surface area (TPSA) is 174 Å². The fourth-order valence-electron chi connectivity index (χ4n) is 5.06. The van der Waals surface area contributed by atoms with Crippen molar-refractivity contribution in [2.24, 2.45) is 0 Å². The van der Waals surface area contributed by atoms with E-state index in [-0.39, 0.29) is 36.8 Å². The zero-order chi connectivity index (χ0) is 38.2. The van der Waals surface area contributed by atoms with E-state index in [1.807, 2.05) is 12.1 Å². The summed E-state index contributed by atoms with van der Waals surface area (Å²) in [7, 11) is 1.14. The van der Waals surface area contributed by atoms with E-state index >= 15 is 0 Å². The number of alkyl halides is 3. The Morgan fingerprint density at radius 3 is 2.23 bits per heavy atom. The van der Waals surface area contributed by atoms with Gasteiger partial charge in [0, 0.05) is 34.3 Å². The summed E-state index contributed by atoms with van der Waals surface area (Å²) in [5, 5.41) is 11.9. The van der Waals surface area contributed by atoms with E-state index in [1.54, 1.807) is 36.4 Å². The molecule has 13 nitrogen and oxygen atoms in total. The third kappa shape index (κ3) is 11.0. The highest BCUT2D eigenvalue weighted by Gasteiger charge is 2.45. The zero-order valence-corrected chi connectivity index (χ0v) is 29.4. The average molecular weight is 775 g/mol. The number of ketones is 1. The largest absolute Gasteiger partial charge is 0.467 e. The molecule has 1 aliphatic rings. The Morgan fingerprint density at radius 2 is 1.58 bits per heavy atom. The zero-order valence-electron chi connectivity index (χ0n) is 27.9. The van der Waals surface area contributed by atoms with Crippen LogP contribution < -0.4 is 26.0 Å².